The zero-order chi connectivity index (χ0) is 15.5. The summed E-state index contributed by atoms with van der Waals surface area (Å²) in [4.78, 5) is 16.4. The minimum absolute atomic E-state index is 0.283. The SMILES string of the molecule is CC(C)c1ccc2nc(NC(=O)Nc3ccccc3)sc2c1. The fourth-order valence-electron chi connectivity index (χ4n) is 2.13. The summed E-state index contributed by atoms with van der Waals surface area (Å²) in [7, 11) is 0. The van der Waals surface area contributed by atoms with Gasteiger partial charge in [0.25, 0.3) is 0 Å². The van der Waals surface area contributed by atoms with E-state index in [-0.39, 0.29) is 6.03 Å². The number of amides is 2. The molecule has 0 bridgehead atoms. The van der Waals surface area contributed by atoms with Crippen LogP contribution in [0.5, 0.6) is 0 Å². The molecule has 0 aliphatic carbocycles. The van der Waals surface area contributed by atoms with Crippen LogP contribution in [-0.4, -0.2) is 11.0 Å². The predicted octanol–water partition coefficient (Wildman–Crippen LogP) is 5.06. The molecule has 0 aliphatic rings. The van der Waals surface area contributed by atoms with Gasteiger partial charge in [-0.3, -0.25) is 5.32 Å². The van der Waals surface area contributed by atoms with E-state index in [0.29, 0.717) is 11.0 Å². The molecule has 0 fully saturated rings. The van der Waals surface area contributed by atoms with Crippen LogP contribution in [0.1, 0.15) is 25.3 Å². The van der Waals surface area contributed by atoms with Gasteiger partial charge < -0.3 is 5.32 Å². The van der Waals surface area contributed by atoms with E-state index < -0.39 is 0 Å². The summed E-state index contributed by atoms with van der Waals surface area (Å²) in [5.41, 5.74) is 2.93. The summed E-state index contributed by atoms with van der Waals surface area (Å²) in [5.74, 6) is 0.476. The second-order valence-corrected chi connectivity index (χ2v) is 6.38. The third-order valence-corrected chi connectivity index (χ3v) is 4.26. The molecule has 112 valence electrons. The van der Waals surface area contributed by atoms with E-state index in [1.807, 2.05) is 36.4 Å². The van der Waals surface area contributed by atoms with E-state index in [1.165, 1.54) is 16.9 Å². The molecule has 1 heterocycles. The molecule has 4 nitrogen and oxygen atoms in total. The van der Waals surface area contributed by atoms with Crippen molar-refractivity contribution in [2.75, 3.05) is 10.6 Å². The Morgan fingerprint density at radius 3 is 2.59 bits per heavy atom. The highest BCUT2D eigenvalue weighted by atomic mass is 32.1. The van der Waals surface area contributed by atoms with Crippen LogP contribution in [0.15, 0.2) is 48.5 Å². The first-order valence-electron chi connectivity index (χ1n) is 7.15. The Morgan fingerprint density at radius 1 is 1.09 bits per heavy atom. The monoisotopic (exact) mass is 311 g/mol. The first-order chi connectivity index (χ1) is 10.6. The number of aromatic nitrogens is 1. The van der Waals surface area contributed by atoms with Gasteiger partial charge in [-0.2, -0.15) is 0 Å². The second-order valence-electron chi connectivity index (χ2n) is 5.35. The minimum atomic E-state index is -0.283. The van der Waals surface area contributed by atoms with Crippen LogP contribution < -0.4 is 10.6 Å². The van der Waals surface area contributed by atoms with Gasteiger partial charge >= 0.3 is 6.03 Å². The third kappa shape index (κ3) is 3.26. The standard InChI is InChI=1S/C17H17N3OS/c1-11(2)12-8-9-14-15(10-12)22-17(19-14)20-16(21)18-13-6-4-3-5-7-13/h3-11H,1-2H3,(H2,18,19,20,21). The number of urea groups is 1. The molecule has 0 saturated carbocycles. The Hall–Kier alpha value is -2.40. The molecule has 3 rings (SSSR count). The van der Waals surface area contributed by atoms with Gasteiger partial charge in [0, 0.05) is 5.69 Å². The lowest BCUT2D eigenvalue weighted by atomic mass is 10.0. The number of hydrogen-bond acceptors (Lipinski definition) is 3. The molecule has 5 heteroatoms. The number of nitrogens with one attached hydrogen (secondary N) is 2. The van der Waals surface area contributed by atoms with Gasteiger partial charge in [0.05, 0.1) is 10.2 Å². The molecule has 22 heavy (non-hydrogen) atoms. The van der Waals surface area contributed by atoms with Crippen LogP contribution >= 0.6 is 11.3 Å². The van der Waals surface area contributed by atoms with Gasteiger partial charge in [-0.05, 0) is 35.7 Å². The highest BCUT2D eigenvalue weighted by Gasteiger charge is 2.09. The first-order valence-corrected chi connectivity index (χ1v) is 7.97. The molecule has 0 atom stereocenters. The van der Waals surface area contributed by atoms with Gasteiger partial charge in [-0.1, -0.05) is 49.4 Å². The van der Waals surface area contributed by atoms with Gasteiger partial charge in [-0.25, -0.2) is 9.78 Å². The molecule has 3 aromatic rings. The maximum absolute atomic E-state index is 12.0. The smallest absolute Gasteiger partial charge is 0.308 e. The lowest BCUT2D eigenvalue weighted by Gasteiger charge is -2.04. The molecule has 2 N–H and O–H groups in total. The van der Waals surface area contributed by atoms with Crippen LogP contribution in [0.2, 0.25) is 0 Å². The van der Waals surface area contributed by atoms with Crippen LogP contribution in [0.25, 0.3) is 10.2 Å². The number of anilines is 2. The summed E-state index contributed by atoms with van der Waals surface area (Å²) in [6.45, 7) is 4.32. The van der Waals surface area contributed by atoms with Gasteiger partial charge in [0.2, 0.25) is 0 Å². The molecule has 1 aromatic heterocycles. The largest absolute Gasteiger partial charge is 0.325 e. The Kier molecular flexibility index (Phi) is 4.06. The Bertz CT molecular complexity index is 796. The van der Waals surface area contributed by atoms with Crippen LogP contribution in [-0.2, 0) is 0 Å². The highest BCUT2D eigenvalue weighted by Crippen LogP contribution is 2.29. The number of carbonyl (C=O) groups is 1. The van der Waals surface area contributed by atoms with E-state index in [4.69, 9.17) is 0 Å². The van der Waals surface area contributed by atoms with Crippen molar-refractivity contribution in [3.8, 4) is 0 Å². The normalized spacial score (nSPS) is 10.9. The van der Waals surface area contributed by atoms with Crippen molar-refractivity contribution in [3.05, 3.63) is 54.1 Å². The summed E-state index contributed by atoms with van der Waals surface area (Å²) in [5, 5.41) is 6.17. The van der Waals surface area contributed by atoms with Crippen molar-refractivity contribution >= 4 is 38.4 Å². The lowest BCUT2D eigenvalue weighted by Crippen LogP contribution is -2.19. The zero-order valence-electron chi connectivity index (χ0n) is 12.5. The van der Waals surface area contributed by atoms with Gasteiger partial charge in [-0.15, -0.1) is 0 Å². The molecular formula is C17H17N3OS. The van der Waals surface area contributed by atoms with E-state index in [9.17, 15) is 4.79 Å². The predicted molar refractivity (Wildman–Crippen MR) is 92.8 cm³/mol. The molecule has 0 unspecified atom stereocenters. The quantitative estimate of drug-likeness (QED) is 0.710. The summed E-state index contributed by atoms with van der Waals surface area (Å²) in [6.07, 6.45) is 0. The van der Waals surface area contributed by atoms with E-state index in [2.05, 4.69) is 41.6 Å². The topological polar surface area (TPSA) is 54.0 Å². The number of nitrogens with zero attached hydrogens (tertiary/aromatic N) is 1. The molecule has 0 spiro atoms. The minimum Gasteiger partial charge on any atom is -0.308 e. The van der Waals surface area contributed by atoms with E-state index >= 15 is 0 Å². The fraction of sp³-hybridized carbons (Fsp3) is 0.176. The average Bonchev–Trinajstić information content (AvgIpc) is 2.89. The molecule has 0 aliphatic heterocycles. The summed E-state index contributed by atoms with van der Waals surface area (Å²) < 4.78 is 1.08. The number of benzene rings is 2. The Balaban J connectivity index is 1.75. The number of para-hydroxylation sites is 1. The van der Waals surface area contributed by atoms with E-state index in [0.717, 1.165) is 15.9 Å². The first kappa shape index (κ1) is 14.5. The number of carbonyl (C=O) groups excluding carboxylic acids is 1. The van der Waals surface area contributed by atoms with Crippen molar-refractivity contribution < 1.29 is 4.79 Å². The third-order valence-electron chi connectivity index (χ3n) is 3.33. The molecule has 2 aromatic carbocycles. The van der Waals surface area contributed by atoms with Crippen LogP contribution in [0.4, 0.5) is 15.6 Å². The van der Waals surface area contributed by atoms with E-state index in [1.54, 1.807) is 0 Å². The molecule has 2 amide bonds. The summed E-state index contributed by atoms with van der Waals surface area (Å²) >= 11 is 1.48. The van der Waals surface area contributed by atoms with Gasteiger partial charge in [0.15, 0.2) is 5.13 Å². The van der Waals surface area contributed by atoms with Crippen molar-refractivity contribution in [2.45, 2.75) is 19.8 Å². The second kappa shape index (κ2) is 6.15. The molecule has 0 radical (unpaired) electrons. The van der Waals surface area contributed by atoms with Crippen molar-refractivity contribution in [3.63, 3.8) is 0 Å². The Labute approximate surface area is 133 Å². The number of fused-ring (bicyclic) bond motifs is 1. The van der Waals surface area contributed by atoms with Gasteiger partial charge in [0.1, 0.15) is 0 Å². The molecule has 0 saturated heterocycles. The zero-order valence-corrected chi connectivity index (χ0v) is 13.3. The Morgan fingerprint density at radius 2 is 1.86 bits per heavy atom. The highest BCUT2D eigenvalue weighted by molar-refractivity contribution is 7.22. The average molecular weight is 311 g/mol. The maximum Gasteiger partial charge on any atom is 0.325 e. The maximum atomic E-state index is 12.0. The number of rotatable bonds is 3. The summed E-state index contributed by atoms with van der Waals surface area (Å²) in [6, 6.07) is 15.3. The number of hydrogen-bond donors (Lipinski definition) is 2. The fourth-order valence-corrected chi connectivity index (χ4v) is 3.04. The van der Waals surface area contributed by atoms with Crippen LogP contribution in [0, 0.1) is 0 Å². The number of thiazole rings is 1. The van der Waals surface area contributed by atoms with Crippen LogP contribution in [0.3, 0.4) is 0 Å². The van der Waals surface area contributed by atoms with Crippen molar-refractivity contribution in [1.29, 1.82) is 0 Å². The van der Waals surface area contributed by atoms with Crippen molar-refractivity contribution in [1.82, 2.24) is 4.98 Å². The van der Waals surface area contributed by atoms with Crippen molar-refractivity contribution in [2.24, 2.45) is 0 Å². The lowest BCUT2D eigenvalue weighted by molar-refractivity contribution is 0.262. The molecular weight excluding hydrogens is 294 g/mol.